The molecule has 4 rings (SSSR count). The summed E-state index contributed by atoms with van der Waals surface area (Å²) in [7, 11) is 0. The summed E-state index contributed by atoms with van der Waals surface area (Å²) in [5.41, 5.74) is 0.762. The Morgan fingerprint density at radius 1 is 0.853 bits per heavy atom. The Morgan fingerprint density at radius 3 is 2.12 bits per heavy atom. The Kier molecular flexibility index (Phi) is 7.88. The van der Waals surface area contributed by atoms with Gasteiger partial charge in [0.2, 0.25) is 0 Å². The van der Waals surface area contributed by atoms with E-state index in [1.165, 1.54) is 30.3 Å². The molecule has 0 radical (unpaired) electrons. The van der Waals surface area contributed by atoms with Crippen molar-refractivity contribution >= 4 is 17.5 Å². The van der Waals surface area contributed by atoms with Gasteiger partial charge in [0.1, 0.15) is 17.5 Å². The van der Waals surface area contributed by atoms with E-state index in [1.54, 1.807) is 29.2 Å². The fourth-order valence-corrected chi connectivity index (χ4v) is 4.08. The fourth-order valence-electron chi connectivity index (χ4n) is 3.96. The number of rotatable bonds is 7. The summed E-state index contributed by atoms with van der Waals surface area (Å²) in [5, 5.41) is 0.572. The molecule has 1 atom stereocenters. The molecule has 1 fully saturated rings. The summed E-state index contributed by atoms with van der Waals surface area (Å²) in [6.07, 6.45) is -0.468. The van der Waals surface area contributed by atoms with Gasteiger partial charge >= 0.3 is 0 Å². The Balaban J connectivity index is 1.42. The molecule has 0 spiro atoms. The second kappa shape index (κ2) is 11.0. The van der Waals surface area contributed by atoms with Crippen molar-refractivity contribution in [2.45, 2.75) is 12.7 Å². The lowest BCUT2D eigenvalue weighted by molar-refractivity contribution is 0.00141. The number of hydrogen-bond donors (Lipinski definition) is 0. The normalized spacial score (nSPS) is 15.4. The predicted molar refractivity (Wildman–Crippen MR) is 124 cm³/mol. The number of ether oxygens (including phenoxy) is 1. The van der Waals surface area contributed by atoms with Gasteiger partial charge in [0, 0.05) is 43.3 Å². The molecule has 1 amide bonds. The quantitative estimate of drug-likeness (QED) is 0.442. The topological polar surface area (TPSA) is 32.8 Å². The van der Waals surface area contributed by atoms with E-state index in [0.717, 1.165) is 5.56 Å². The van der Waals surface area contributed by atoms with Crippen LogP contribution in [0.4, 0.5) is 13.2 Å². The van der Waals surface area contributed by atoms with Crippen molar-refractivity contribution in [1.29, 1.82) is 0 Å². The van der Waals surface area contributed by atoms with Gasteiger partial charge < -0.3 is 9.64 Å². The molecule has 34 heavy (non-hydrogen) atoms. The molecule has 0 bridgehead atoms. The van der Waals surface area contributed by atoms with Crippen molar-refractivity contribution < 1.29 is 22.7 Å². The van der Waals surface area contributed by atoms with E-state index in [4.69, 9.17) is 16.3 Å². The van der Waals surface area contributed by atoms with Crippen LogP contribution in [0.2, 0.25) is 5.02 Å². The highest BCUT2D eigenvalue weighted by Crippen LogP contribution is 2.25. The van der Waals surface area contributed by atoms with Gasteiger partial charge in [-0.3, -0.25) is 9.69 Å². The molecule has 4 nitrogen and oxygen atoms in total. The average molecular weight is 489 g/mol. The highest BCUT2D eigenvalue weighted by atomic mass is 35.5. The third-order valence-electron chi connectivity index (χ3n) is 5.92. The van der Waals surface area contributed by atoms with Gasteiger partial charge in [-0.1, -0.05) is 41.9 Å². The Bertz CT molecular complexity index is 1110. The molecular weight excluding hydrogens is 465 g/mol. The first-order valence-electron chi connectivity index (χ1n) is 11.0. The number of hydrogen-bond acceptors (Lipinski definition) is 3. The van der Waals surface area contributed by atoms with Crippen LogP contribution in [0.15, 0.2) is 66.7 Å². The minimum absolute atomic E-state index is 0.0604. The summed E-state index contributed by atoms with van der Waals surface area (Å²) < 4.78 is 48.2. The van der Waals surface area contributed by atoms with Crippen LogP contribution < -0.4 is 0 Å². The zero-order valence-corrected chi connectivity index (χ0v) is 19.1. The Hall–Kier alpha value is -2.87. The van der Waals surface area contributed by atoms with Crippen molar-refractivity contribution in [2.24, 2.45) is 0 Å². The van der Waals surface area contributed by atoms with Gasteiger partial charge in [-0.15, -0.1) is 0 Å². The van der Waals surface area contributed by atoms with Gasteiger partial charge in [-0.2, -0.15) is 0 Å². The molecule has 178 valence electrons. The molecule has 8 heteroatoms. The maximum Gasteiger partial charge on any atom is 0.256 e. The fraction of sp³-hybridized carbons (Fsp3) is 0.269. The van der Waals surface area contributed by atoms with Gasteiger partial charge in [0.05, 0.1) is 18.3 Å². The summed E-state index contributed by atoms with van der Waals surface area (Å²) in [5.74, 6) is -2.19. The zero-order valence-electron chi connectivity index (χ0n) is 18.4. The predicted octanol–water partition coefficient (Wildman–Crippen LogP) is 5.47. The first kappa shape index (κ1) is 24.3. The summed E-state index contributed by atoms with van der Waals surface area (Å²) >= 11 is 6.02. The standard InChI is InChI=1S/C26H24ClF3N2O2/c27-19-10-8-18(9-11-19)25(34-17-21-23(29)6-3-7-24(21)30)16-31-12-14-32(15-13-31)26(33)20-4-1-2-5-22(20)28/h1-11,25H,12-17H2. The first-order chi connectivity index (χ1) is 16.4. The van der Waals surface area contributed by atoms with Gasteiger partial charge in [-0.05, 0) is 42.0 Å². The lowest BCUT2D eigenvalue weighted by Gasteiger charge is -2.36. The van der Waals surface area contributed by atoms with Crippen molar-refractivity contribution in [2.75, 3.05) is 32.7 Å². The van der Waals surface area contributed by atoms with Crippen molar-refractivity contribution in [1.82, 2.24) is 9.80 Å². The average Bonchev–Trinajstić information content (AvgIpc) is 2.84. The molecule has 3 aromatic carbocycles. The van der Waals surface area contributed by atoms with Crippen LogP contribution in [-0.4, -0.2) is 48.4 Å². The lowest BCUT2D eigenvalue weighted by Crippen LogP contribution is -2.49. The largest absolute Gasteiger partial charge is 0.367 e. The molecule has 0 N–H and O–H groups in total. The van der Waals surface area contributed by atoms with Crippen LogP contribution in [0.1, 0.15) is 27.6 Å². The maximum atomic E-state index is 14.1. The summed E-state index contributed by atoms with van der Waals surface area (Å²) in [6, 6.07) is 16.8. The van der Waals surface area contributed by atoms with E-state index in [2.05, 4.69) is 4.90 Å². The summed E-state index contributed by atoms with van der Waals surface area (Å²) in [4.78, 5) is 16.4. The second-order valence-corrected chi connectivity index (χ2v) is 8.56. The number of amides is 1. The summed E-state index contributed by atoms with van der Waals surface area (Å²) in [6.45, 7) is 2.21. The van der Waals surface area contributed by atoms with Crippen LogP contribution in [-0.2, 0) is 11.3 Å². The molecule has 1 aliphatic heterocycles. The zero-order chi connectivity index (χ0) is 24.1. The number of piperazine rings is 1. The molecule has 0 aliphatic carbocycles. The Morgan fingerprint density at radius 2 is 1.47 bits per heavy atom. The molecule has 1 unspecified atom stereocenters. The van der Waals surface area contributed by atoms with Crippen molar-refractivity contribution in [3.05, 3.63) is 106 Å². The van der Waals surface area contributed by atoms with Crippen LogP contribution in [0.5, 0.6) is 0 Å². The van der Waals surface area contributed by atoms with Crippen molar-refractivity contribution in [3.63, 3.8) is 0 Å². The van der Waals surface area contributed by atoms with E-state index in [-0.39, 0.29) is 23.6 Å². The highest BCUT2D eigenvalue weighted by Gasteiger charge is 2.26. The van der Waals surface area contributed by atoms with Crippen molar-refractivity contribution in [3.8, 4) is 0 Å². The van der Waals surface area contributed by atoms with Crippen LogP contribution in [0.3, 0.4) is 0 Å². The number of carbonyl (C=O) groups excluding carboxylic acids is 1. The van der Waals surface area contributed by atoms with E-state index >= 15 is 0 Å². The molecular formula is C26H24ClF3N2O2. The second-order valence-electron chi connectivity index (χ2n) is 8.12. The highest BCUT2D eigenvalue weighted by molar-refractivity contribution is 6.30. The van der Waals surface area contributed by atoms with E-state index in [9.17, 15) is 18.0 Å². The van der Waals surface area contributed by atoms with E-state index < -0.39 is 23.6 Å². The third-order valence-corrected chi connectivity index (χ3v) is 6.17. The third kappa shape index (κ3) is 5.78. The molecule has 1 aliphatic rings. The van der Waals surface area contributed by atoms with Crippen LogP contribution in [0.25, 0.3) is 0 Å². The van der Waals surface area contributed by atoms with Crippen LogP contribution in [0, 0.1) is 17.5 Å². The lowest BCUT2D eigenvalue weighted by atomic mass is 10.1. The SMILES string of the molecule is O=C(c1ccccc1F)N1CCN(CC(OCc2c(F)cccc2F)c2ccc(Cl)cc2)CC1. The van der Waals surface area contributed by atoms with Gasteiger partial charge in [-0.25, -0.2) is 13.2 Å². The molecule has 1 heterocycles. The Labute approximate surface area is 201 Å². The van der Waals surface area contributed by atoms with Gasteiger partial charge in [0.25, 0.3) is 5.91 Å². The molecule has 0 aromatic heterocycles. The number of carbonyl (C=O) groups is 1. The maximum absolute atomic E-state index is 14.1. The smallest absolute Gasteiger partial charge is 0.256 e. The molecule has 3 aromatic rings. The first-order valence-corrected chi connectivity index (χ1v) is 11.4. The molecule has 1 saturated heterocycles. The number of benzene rings is 3. The monoisotopic (exact) mass is 488 g/mol. The van der Waals surface area contributed by atoms with E-state index in [0.29, 0.717) is 37.7 Å². The molecule has 0 saturated carbocycles. The minimum Gasteiger partial charge on any atom is -0.367 e. The van der Waals surface area contributed by atoms with Crippen LogP contribution >= 0.6 is 11.6 Å². The van der Waals surface area contributed by atoms with Gasteiger partial charge in [0.15, 0.2) is 0 Å². The minimum atomic E-state index is -0.657. The number of halogens is 4. The number of nitrogens with zero attached hydrogens (tertiary/aromatic N) is 2. The van der Waals surface area contributed by atoms with E-state index in [1.807, 2.05) is 12.1 Å².